The lowest BCUT2D eigenvalue weighted by atomic mass is 9.90. The Bertz CT molecular complexity index is 475. The molecule has 1 saturated carbocycles. The van der Waals surface area contributed by atoms with E-state index < -0.39 is 0 Å². The second-order valence-electron chi connectivity index (χ2n) is 4.97. The summed E-state index contributed by atoms with van der Waals surface area (Å²) in [6.45, 7) is 0.800. The minimum Gasteiger partial charge on any atom is -0.496 e. The predicted molar refractivity (Wildman–Crippen MR) is 87.8 cm³/mol. The van der Waals surface area contributed by atoms with Gasteiger partial charge in [0.15, 0.2) is 0 Å². The van der Waals surface area contributed by atoms with Crippen LogP contribution in [0.15, 0.2) is 22.7 Å². The van der Waals surface area contributed by atoms with Crippen LogP contribution in [0.4, 0.5) is 0 Å². The normalized spacial score (nSPS) is 14.8. The Labute approximate surface area is 136 Å². The Hall–Kier alpha value is -0.550. The fraction of sp³-hybridized carbons (Fsp3) is 0.533. The van der Waals surface area contributed by atoms with Crippen molar-refractivity contribution in [2.24, 2.45) is 0 Å². The molecule has 0 heterocycles. The molecule has 0 N–H and O–H groups in total. The molecule has 0 aliphatic heterocycles. The van der Waals surface area contributed by atoms with Crippen molar-refractivity contribution in [1.29, 1.82) is 0 Å². The van der Waals surface area contributed by atoms with Crippen LogP contribution < -0.4 is 4.74 Å². The molecule has 0 saturated heterocycles. The summed E-state index contributed by atoms with van der Waals surface area (Å²) in [6.07, 6.45) is 4.43. The molecule has 3 nitrogen and oxygen atoms in total. The molecular formula is C15H19Br2NO2. The number of carbonyl (C=O) groups is 1. The van der Waals surface area contributed by atoms with Gasteiger partial charge < -0.3 is 9.64 Å². The molecule has 1 aromatic carbocycles. The van der Waals surface area contributed by atoms with Crippen molar-refractivity contribution in [2.75, 3.05) is 19.0 Å². The van der Waals surface area contributed by atoms with Gasteiger partial charge >= 0.3 is 0 Å². The largest absolute Gasteiger partial charge is 0.496 e. The number of hydrogen-bond donors (Lipinski definition) is 0. The van der Waals surface area contributed by atoms with E-state index in [1.807, 2.05) is 23.1 Å². The maximum absolute atomic E-state index is 12.8. The van der Waals surface area contributed by atoms with Crippen molar-refractivity contribution in [1.82, 2.24) is 4.90 Å². The van der Waals surface area contributed by atoms with Gasteiger partial charge in [-0.1, -0.05) is 31.9 Å². The maximum Gasteiger partial charge on any atom is 0.257 e. The number of ether oxygens (including phenoxy) is 1. The molecule has 20 heavy (non-hydrogen) atoms. The first-order chi connectivity index (χ1) is 9.67. The third-order valence-electron chi connectivity index (χ3n) is 3.70. The van der Waals surface area contributed by atoms with Crippen LogP contribution in [0.1, 0.15) is 36.0 Å². The van der Waals surface area contributed by atoms with E-state index in [0.29, 0.717) is 17.4 Å². The monoisotopic (exact) mass is 403 g/mol. The van der Waals surface area contributed by atoms with Crippen LogP contribution in [0.25, 0.3) is 0 Å². The summed E-state index contributed by atoms with van der Waals surface area (Å²) < 4.78 is 6.26. The number of methoxy groups -OCH3 is 1. The van der Waals surface area contributed by atoms with E-state index in [1.165, 1.54) is 6.42 Å². The zero-order valence-corrected chi connectivity index (χ0v) is 14.7. The average Bonchev–Trinajstić information content (AvgIpc) is 2.40. The van der Waals surface area contributed by atoms with E-state index in [0.717, 1.165) is 35.6 Å². The van der Waals surface area contributed by atoms with E-state index in [2.05, 4.69) is 31.9 Å². The molecule has 0 bridgehead atoms. The SMILES string of the molecule is COc1cc(Br)ccc1C(=O)N(CCCBr)C1CCC1. The Morgan fingerprint density at radius 2 is 2.20 bits per heavy atom. The first-order valence-corrected chi connectivity index (χ1v) is 8.79. The molecule has 0 aromatic heterocycles. The van der Waals surface area contributed by atoms with E-state index in [4.69, 9.17) is 4.74 Å². The highest BCUT2D eigenvalue weighted by Crippen LogP contribution is 2.30. The summed E-state index contributed by atoms with van der Waals surface area (Å²) in [6, 6.07) is 5.97. The van der Waals surface area contributed by atoms with Gasteiger partial charge in [0.25, 0.3) is 5.91 Å². The molecule has 1 aromatic rings. The van der Waals surface area contributed by atoms with Gasteiger partial charge in [-0.15, -0.1) is 0 Å². The minimum atomic E-state index is 0.0833. The topological polar surface area (TPSA) is 29.5 Å². The molecular weight excluding hydrogens is 386 g/mol. The van der Waals surface area contributed by atoms with Gasteiger partial charge in [-0.05, 0) is 43.9 Å². The number of rotatable bonds is 6. The molecule has 0 radical (unpaired) electrons. The lowest BCUT2D eigenvalue weighted by molar-refractivity contribution is 0.0578. The molecule has 0 atom stereocenters. The molecule has 0 spiro atoms. The second kappa shape index (κ2) is 7.46. The highest BCUT2D eigenvalue weighted by molar-refractivity contribution is 9.10. The summed E-state index contributed by atoms with van der Waals surface area (Å²) in [7, 11) is 1.60. The first kappa shape index (κ1) is 15.8. The molecule has 0 unspecified atom stereocenters. The van der Waals surface area contributed by atoms with Crippen LogP contribution in [-0.2, 0) is 0 Å². The number of alkyl halides is 1. The van der Waals surface area contributed by atoms with Crippen molar-refractivity contribution in [3.8, 4) is 5.75 Å². The van der Waals surface area contributed by atoms with Crippen LogP contribution >= 0.6 is 31.9 Å². The molecule has 5 heteroatoms. The van der Waals surface area contributed by atoms with Crippen molar-refractivity contribution in [3.05, 3.63) is 28.2 Å². The quantitative estimate of drug-likeness (QED) is 0.663. The minimum absolute atomic E-state index is 0.0833. The van der Waals surface area contributed by atoms with Crippen LogP contribution in [0, 0.1) is 0 Å². The second-order valence-corrected chi connectivity index (χ2v) is 6.68. The number of hydrogen-bond acceptors (Lipinski definition) is 2. The van der Waals surface area contributed by atoms with Crippen LogP contribution in [0.3, 0.4) is 0 Å². The third-order valence-corrected chi connectivity index (χ3v) is 4.76. The van der Waals surface area contributed by atoms with Gasteiger partial charge in [0.05, 0.1) is 12.7 Å². The van der Waals surface area contributed by atoms with Crippen LogP contribution in [-0.4, -0.2) is 35.8 Å². The number of halogens is 2. The summed E-state index contributed by atoms with van der Waals surface area (Å²) in [5.41, 5.74) is 0.650. The van der Waals surface area contributed by atoms with Crippen molar-refractivity contribution >= 4 is 37.8 Å². The van der Waals surface area contributed by atoms with Crippen molar-refractivity contribution < 1.29 is 9.53 Å². The lowest BCUT2D eigenvalue weighted by Crippen LogP contribution is -2.45. The molecule has 1 fully saturated rings. The van der Waals surface area contributed by atoms with Crippen LogP contribution in [0.5, 0.6) is 5.75 Å². The zero-order valence-electron chi connectivity index (χ0n) is 11.6. The van der Waals surface area contributed by atoms with Gasteiger partial charge in [-0.3, -0.25) is 4.79 Å². The number of amides is 1. The highest BCUT2D eigenvalue weighted by Gasteiger charge is 2.30. The smallest absolute Gasteiger partial charge is 0.257 e. The number of nitrogens with zero attached hydrogens (tertiary/aromatic N) is 1. The summed E-state index contributed by atoms with van der Waals surface area (Å²) in [4.78, 5) is 14.8. The zero-order chi connectivity index (χ0) is 14.5. The van der Waals surface area contributed by atoms with Gasteiger partial charge in [-0.25, -0.2) is 0 Å². The summed E-state index contributed by atoms with van der Waals surface area (Å²) in [5, 5.41) is 0.918. The predicted octanol–water partition coefficient (Wildman–Crippen LogP) is 4.24. The lowest BCUT2D eigenvalue weighted by Gasteiger charge is -2.37. The molecule has 1 aliphatic carbocycles. The van der Waals surface area contributed by atoms with E-state index in [1.54, 1.807) is 7.11 Å². The number of carbonyl (C=O) groups excluding carboxylic acids is 1. The van der Waals surface area contributed by atoms with Crippen molar-refractivity contribution in [2.45, 2.75) is 31.7 Å². The molecule has 1 amide bonds. The Balaban J connectivity index is 2.21. The molecule has 2 rings (SSSR count). The average molecular weight is 405 g/mol. The Kier molecular flexibility index (Phi) is 5.90. The fourth-order valence-electron chi connectivity index (χ4n) is 2.37. The van der Waals surface area contributed by atoms with E-state index in [-0.39, 0.29) is 5.91 Å². The molecule has 1 aliphatic rings. The van der Waals surface area contributed by atoms with Gasteiger partial charge in [0.1, 0.15) is 5.75 Å². The first-order valence-electron chi connectivity index (χ1n) is 6.88. The van der Waals surface area contributed by atoms with Gasteiger partial charge in [0, 0.05) is 22.4 Å². The summed E-state index contributed by atoms with van der Waals surface area (Å²) >= 11 is 6.85. The maximum atomic E-state index is 12.8. The van der Waals surface area contributed by atoms with Gasteiger partial charge in [-0.2, -0.15) is 0 Å². The number of benzene rings is 1. The Morgan fingerprint density at radius 1 is 1.45 bits per heavy atom. The fourth-order valence-corrected chi connectivity index (χ4v) is 2.97. The van der Waals surface area contributed by atoms with Crippen LogP contribution in [0.2, 0.25) is 0 Å². The van der Waals surface area contributed by atoms with Gasteiger partial charge in [0.2, 0.25) is 0 Å². The van der Waals surface area contributed by atoms with Crippen molar-refractivity contribution in [3.63, 3.8) is 0 Å². The van der Waals surface area contributed by atoms with E-state index in [9.17, 15) is 4.79 Å². The highest BCUT2D eigenvalue weighted by atomic mass is 79.9. The Morgan fingerprint density at radius 3 is 2.75 bits per heavy atom. The standard InChI is InChI=1S/C15H19Br2NO2/c1-20-14-10-11(17)6-7-13(14)15(19)18(9-3-8-16)12-4-2-5-12/h6-7,10,12H,2-5,8-9H2,1H3. The third kappa shape index (κ3) is 3.55. The molecule has 110 valence electrons. The summed E-state index contributed by atoms with van der Waals surface area (Å²) in [5.74, 6) is 0.715. The van der Waals surface area contributed by atoms with E-state index >= 15 is 0 Å².